The number of nitro benzene ring substituents is 1. The van der Waals surface area contributed by atoms with Crippen LogP contribution in [0.15, 0.2) is 101 Å². The van der Waals surface area contributed by atoms with Crippen LogP contribution in [0.3, 0.4) is 0 Å². The molecule has 0 saturated heterocycles. The van der Waals surface area contributed by atoms with Crippen molar-refractivity contribution in [2.75, 3.05) is 6.61 Å². The second kappa shape index (κ2) is 11.6. The van der Waals surface area contributed by atoms with Gasteiger partial charge in [-0.3, -0.25) is 15.1 Å². The Morgan fingerprint density at radius 3 is 2.73 bits per heavy atom. The molecular formula is C30H27N5O5. The van der Waals surface area contributed by atoms with Gasteiger partial charge in [0, 0.05) is 53.6 Å². The van der Waals surface area contributed by atoms with E-state index in [2.05, 4.69) is 20.3 Å². The largest absolute Gasteiger partial charge is 0.461 e. The lowest BCUT2D eigenvalue weighted by molar-refractivity contribution is -0.384. The summed E-state index contributed by atoms with van der Waals surface area (Å²) in [5.74, 6) is 1.02. The highest BCUT2D eigenvalue weighted by molar-refractivity contribution is 5.97. The Labute approximate surface area is 230 Å². The van der Waals surface area contributed by atoms with Gasteiger partial charge in [0.05, 0.1) is 22.6 Å². The van der Waals surface area contributed by atoms with Crippen molar-refractivity contribution >= 4 is 23.3 Å². The number of rotatable bonds is 9. The van der Waals surface area contributed by atoms with Crippen LogP contribution in [0.2, 0.25) is 0 Å². The zero-order chi connectivity index (χ0) is 28.1. The molecule has 0 bridgehead atoms. The van der Waals surface area contributed by atoms with E-state index in [0.717, 1.165) is 22.9 Å². The number of benzene rings is 1. The Bertz CT molecular complexity index is 1620. The lowest BCUT2D eigenvalue weighted by atomic mass is 9.79. The summed E-state index contributed by atoms with van der Waals surface area (Å²) in [5, 5.41) is 14.8. The lowest BCUT2D eigenvalue weighted by Crippen LogP contribution is -2.29. The molecule has 40 heavy (non-hydrogen) atoms. The molecule has 1 unspecified atom stereocenters. The Kier molecular flexibility index (Phi) is 7.68. The number of furan rings is 1. The summed E-state index contributed by atoms with van der Waals surface area (Å²) in [5.41, 5.74) is 3.70. The first-order valence-electron chi connectivity index (χ1n) is 12.7. The monoisotopic (exact) mass is 537 g/mol. The van der Waals surface area contributed by atoms with Crippen molar-refractivity contribution in [2.24, 2.45) is 0 Å². The number of carbonyl (C=O) groups is 1. The Morgan fingerprint density at radius 1 is 1.10 bits per heavy atom. The first-order chi connectivity index (χ1) is 19.4. The van der Waals surface area contributed by atoms with Gasteiger partial charge >= 0.3 is 5.97 Å². The zero-order valence-electron chi connectivity index (χ0n) is 22.0. The van der Waals surface area contributed by atoms with Crippen LogP contribution in [-0.2, 0) is 16.0 Å². The lowest BCUT2D eigenvalue weighted by Gasteiger charge is -2.31. The van der Waals surface area contributed by atoms with Crippen LogP contribution in [0.25, 0.3) is 11.6 Å². The van der Waals surface area contributed by atoms with Gasteiger partial charge in [0.15, 0.2) is 0 Å². The summed E-state index contributed by atoms with van der Waals surface area (Å²) < 4.78 is 11.5. The second-order valence-electron chi connectivity index (χ2n) is 9.22. The number of hydrogen-bond donors (Lipinski definition) is 2. The molecule has 4 heterocycles. The Balaban J connectivity index is 1.38. The van der Waals surface area contributed by atoms with Crippen molar-refractivity contribution in [1.29, 1.82) is 0 Å². The number of carbonyl (C=O) groups excluding carboxylic acids is 1. The minimum absolute atomic E-state index is 0.00705. The fraction of sp³-hybridized carbons (Fsp3) is 0.167. The van der Waals surface area contributed by atoms with E-state index in [1.807, 2.05) is 31.2 Å². The number of ether oxygens (including phenoxy) is 1. The molecule has 0 amide bonds. The third kappa shape index (κ3) is 5.75. The molecule has 1 aromatic carbocycles. The van der Waals surface area contributed by atoms with Crippen molar-refractivity contribution in [3.63, 3.8) is 0 Å². The number of nitro groups is 1. The third-order valence-electron chi connectivity index (χ3n) is 6.51. The summed E-state index contributed by atoms with van der Waals surface area (Å²) in [7, 11) is 0. The standard InChI is InChI=1S/C30H27N5O5/c1-19-27(25-10-3-4-13-31-25)29(21-7-5-8-22(17-21)35(37)38)28(20(2)34-19)30(36)39-16-6-9-23-11-12-24(40-23)18-26-32-14-15-33-26/h3-15,17,29,34H,16,18H2,1-2H3,(H,32,33)/b9-6+. The summed E-state index contributed by atoms with van der Waals surface area (Å²) in [6.45, 7) is 3.69. The Morgan fingerprint density at radius 2 is 1.98 bits per heavy atom. The van der Waals surface area contributed by atoms with Crippen molar-refractivity contribution in [3.8, 4) is 0 Å². The van der Waals surface area contributed by atoms with E-state index < -0.39 is 16.8 Å². The number of aromatic nitrogens is 3. The number of imidazole rings is 1. The molecule has 0 fully saturated rings. The first-order valence-corrected chi connectivity index (χ1v) is 12.7. The van der Waals surface area contributed by atoms with Crippen molar-refractivity contribution in [2.45, 2.75) is 26.2 Å². The fourth-order valence-corrected chi connectivity index (χ4v) is 4.78. The highest BCUT2D eigenvalue weighted by Crippen LogP contribution is 2.43. The van der Waals surface area contributed by atoms with Gasteiger partial charge in [-0.1, -0.05) is 18.2 Å². The number of allylic oxidation sites excluding steroid dienone is 3. The number of nitrogens with one attached hydrogen (secondary N) is 2. The van der Waals surface area contributed by atoms with Crippen LogP contribution in [0.5, 0.6) is 0 Å². The molecule has 0 radical (unpaired) electrons. The van der Waals surface area contributed by atoms with Crippen LogP contribution < -0.4 is 5.32 Å². The van der Waals surface area contributed by atoms with Crippen molar-refractivity contribution in [3.05, 3.63) is 135 Å². The van der Waals surface area contributed by atoms with Crippen LogP contribution in [0.1, 0.15) is 48.4 Å². The van der Waals surface area contributed by atoms with Crippen LogP contribution >= 0.6 is 0 Å². The van der Waals surface area contributed by atoms with Crippen molar-refractivity contribution in [1.82, 2.24) is 20.3 Å². The van der Waals surface area contributed by atoms with Gasteiger partial charge in [-0.05, 0) is 55.8 Å². The van der Waals surface area contributed by atoms with Gasteiger partial charge in [0.1, 0.15) is 24.0 Å². The number of non-ortho nitro benzene ring substituents is 1. The molecular weight excluding hydrogens is 510 g/mol. The quantitative estimate of drug-likeness (QED) is 0.161. The van der Waals surface area contributed by atoms with Gasteiger partial charge in [0.2, 0.25) is 0 Å². The zero-order valence-corrected chi connectivity index (χ0v) is 22.0. The number of hydrogen-bond acceptors (Lipinski definition) is 8. The average Bonchev–Trinajstić information content (AvgIpc) is 3.63. The van der Waals surface area contributed by atoms with Gasteiger partial charge < -0.3 is 19.5 Å². The number of H-pyrrole nitrogens is 1. The third-order valence-corrected chi connectivity index (χ3v) is 6.51. The number of pyridine rings is 1. The van der Waals surface area contributed by atoms with Crippen LogP contribution in [-0.4, -0.2) is 32.5 Å². The topological polar surface area (TPSA) is 136 Å². The van der Waals surface area contributed by atoms with E-state index in [4.69, 9.17) is 9.15 Å². The summed E-state index contributed by atoms with van der Waals surface area (Å²) in [6.07, 6.45) is 9.09. The average molecular weight is 538 g/mol. The predicted molar refractivity (Wildman–Crippen MR) is 149 cm³/mol. The molecule has 10 nitrogen and oxygen atoms in total. The maximum absolute atomic E-state index is 13.5. The maximum atomic E-state index is 13.5. The molecule has 1 atom stereocenters. The highest BCUT2D eigenvalue weighted by atomic mass is 16.6. The van der Waals surface area contributed by atoms with E-state index in [1.165, 1.54) is 12.1 Å². The van der Waals surface area contributed by atoms with E-state index in [-0.39, 0.29) is 12.3 Å². The molecule has 4 aromatic rings. The van der Waals surface area contributed by atoms with Crippen LogP contribution in [0, 0.1) is 10.1 Å². The molecule has 1 aliphatic rings. The molecule has 202 valence electrons. The van der Waals surface area contributed by atoms with Crippen LogP contribution in [0.4, 0.5) is 5.69 Å². The minimum Gasteiger partial charge on any atom is -0.461 e. The number of esters is 1. The first kappa shape index (κ1) is 26.4. The molecule has 0 saturated carbocycles. The molecule has 1 aliphatic heterocycles. The minimum atomic E-state index is -0.623. The van der Waals surface area contributed by atoms with E-state index in [9.17, 15) is 14.9 Å². The number of dihydropyridines is 1. The van der Waals surface area contributed by atoms with E-state index in [1.54, 1.807) is 55.9 Å². The molecule has 5 rings (SSSR count). The van der Waals surface area contributed by atoms with Gasteiger partial charge in [0.25, 0.3) is 5.69 Å². The van der Waals surface area contributed by atoms with Gasteiger partial charge in [-0.25, -0.2) is 9.78 Å². The molecule has 0 aliphatic carbocycles. The van der Waals surface area contributed by atoms with Gasteiger partial charge in [-0.2, -0.15) is 0 Å². The predicted octanol–water partition coefficient (Wildman–Crippen LogP) is 5.55. The smallest absolute Gasteiger partial charge is 0.337 e. The molecule has 2 N–H and O–H groups in total. The highest BCUT2D eigenvalue weighted by Gasteiger charge is 2.35. The van der Waals surface area contributed by atoms with E-state index in [0.29, 0.717) is 34.7 Å². The summed E-state index contributed by atoms with van der Waals surface area (Å²) >= 11 is 0. The van der Waals surface area contributed by atoms with Crippen molar-refractivity contribution < 1.29 is 18.9 Å². The number of aromatic amines is 1. The second-order valence-corrected chi connectivity index (χ2v) is 9.22. The SMILES string of the molecule is CC1=C(C(=O)OC/C=C/c2ccc(Cc3ncc[nH]3)o2)C(c2cccc([N+](=O)[O-])c2)C(c2ccccn2)=C(C)N1. The number of nitrogens with zero attached hydrogens (tertiary/aromatic N) is 3. The normalized spacial score (nSPS) is 15.4. The molecule has 3 aromatic heterocycles. The molecule has 10 heteroatoms. The summed E-state index contributed by atoms with van der Waals surface area (Å²) in [4.78, 5) is 36.4. The summed E-state index contributed by atoms with van der Waals surface area (Å²) in [6, 6.07) is 15.5. The Hall–Kier alpha value is -5.25. The van der Waals surface area contributed by atoms with Gasteiger partial charge in [-0.15, -0.1) is 0 Å². The van der Waals surface area contributed by atoms with E-state index >= 15 is 0 Å². The molecule has 0 spiro atoms. The fourth-order valence-electron chi connectivity index (χ4n) is 4.78. The maximum Gasteiger partial charge on any atom is 0.337 e.